The third kappa shape index (κ3) is 5.12. The second-order valence-corrected chi connectivity index (χ2v) is 13.1. The fraction of sp³-hybridized carbons (Fsp3) is 0. The first-order chi connectivity index (χ1) is 25.7. The Morgan fingerprint density at radius 2 is 0.885 bits per heavy atom. The van der Waals surface area contributed by atoms with Crippen LogP contribution in [0.3, 0.4) is 0 Å². The van der Waals surface area contributed by atoms with Crippen molar-refractivity contribution in [2.75, 3.05) is 4.90 Å². The van der Waals surface area contributed by atoms with E-state index in [4.69, 9.17) is 8.83 Å². The minimum Gasteiger partial charge on any atom is -0.456 e. The predicted molar refractivity (Wildman–Crippen MR) is 212 cm³/mol. The Hall–Kier alpha value is -6.91. The van der Waals surface area contributed by atoms with Gasteiger partial charge < -0.3 is 13.7 Å². The Labute approximate surface area is 299 Å². The van der Waals surface area contributed by atoms with E-state index in [2.05, 4.69) is 126 Å². The van der Waals surface area contributed by atoms with Gasteiger partial charge in [0.1, 0.15) is 28.1 Å². The minimum absolute atomic E-state index is 0.244. The molecule has 0 fully saturated rings. The number of rotatable bonds is 6. The van der Waals surface area contributed by atoms with Gasteiger partial charge in [-0.25, -0.2) is 4.39 Å². The third-order valence-corrected chi connectivity index (χ3v) is 9.96. The molecule has 0 radical (unpaired) electrons. The Kier molecular flexibility index (Phi) is 7.00. The summed E-state index contributed by atoms with van der Waals surface area (Å²) in [5, 5.41) is 4.43. The topological polar surface area (TPSA) is 29.5 Å². The Morgan fingerprint density at radius 1 is 0.346 bits per heavy atom. The summed E-state index contributed by atoms with van der Waals surface area (Å²) < 4.78 is 26.2. The molecule has 0 aliphatic heterocycles. The van der Waals surface area contributed by atoms with E-state index in [0.29, 0.717) is 0 Å². The summed E-state index contributed by atoms with van der Waals surface area (Å²) in [6.45, 7) is 0. The lowest BCUT2D eigenvalue weighted by Gasteiger charge is -2.26. The Bertz CT molecular complexity index is 2900. The van der Waals surface area contributed by atoms with Gasteiger partial charge in [0.25, 0.3) is 0 Å². The largest absolute Gasteiger partial charge is 0.456 e. The third-order valence-electron chi connectivity index (χ3n) is 9.96. The summed E-state index contributed by atoms with van der Waals surface area (Å²) in [6, 6.07) is 61.4. The van der Waals surface area contributed by atoms with Crippen LogP contribution in [0.1, 0.15) is 0 Å². The molecule has 52 heavy (non-hydrogen) atoms. The number of hydrogen-bond donors (Lipinski definition) is 0. The highest BCUT2D eigenvalue weighted by molar-refractivity contribution is 6.09. The van der Waals surface area contributed by atoms with Gasteiger partial charge in [-0.1, -0.05) is 109 Å². The van der Waals surface area contributed by atoms with E-state index in [1.54, 1.807) is 0 Å². The van der Waals surface area contributed by atoms with Crippen LogP contribution in [0.2, 0.25) is 0 Å². The lowest BCUT2D eigenvalue weighted by Crippen LogP contribution is -2.10. The highest BCUT2D eigenvalue weighted by Crippen LogP contribution is 2.41. The molecule has 246 valence electrons. The molecule has 0 spiro atoms. The molecule has 0 N–H and O–H groups in total. The van der Waals surface area contributed by atoms with Crippen molar-refractivity contribution in [3.05, 3.63) is 188 Å². The van der Waals surface area contributed by atoms with E-state index in [-0.39, 0.29) is 5.82 Å². The summed E-state index contributed by atoms with van der Waals surface area (Å²) in [5.74, 6) is -0.244. The maximum Gasteiger partial charge on any atom is 0.143 e. The normalized spacial score (nSPS) is 11.6. The number of halogens is 1. The molecular formula is C48H30FNO2. The van der Waals surface area contributed by atoms with Gasteiger partial charge in [0, 0.05) is 44.2 Å². The van der Waals surface area contributed by atoms with Crippen LogP contribution in [-0.2, 0) is 0 Å². The number of nitrogens with zero attached hydrogens (tertiary/aromatic N) is 1. The summed E-state index contributed by atoms with van der Waals surface area (Å²) >= 11 is 0. The molecule has 8 aromatic carbocycles. The molecule has 0 saturated carbocycles. The highest BCUT2D eigenvalue weighted by atomic mass is 19.1. The van der Waals surface area contributed by atoms with Crippen LogP contribution >= 0.6 is 0 Å². The van der Waals surface area contributed by atoms with Crippen molar-refractivity contribution in [3.8, 4) is 33.4 Å². The van der Waals surface area contributed by atoms with Crippen molar-refractivity contribution in [3.63, 3.8) is 0 Å². The fourth-order valence-electron chi connectivity index (χ4n) is 7.39. The average Bonchev–Trinajstić information content (AvgIpc) is 3.77. The molecule has 2 heterocycles. The molecule has 0 aliphatic carbocycles. The average molecular weight is 672 g/mol. The zero-order valence-electron chi connectivity index (χ0n) is 28.0. The minimum atomic E-state index is -0.244. The molecule has 0 unspecified atom stereocenters. The molecule has 0 aliphatic rings. The lowest BCUT2D eigenvalue weighted by atomic mass is 10.0. The van der Waals surface area contributed by atoms with E-state index in [1.807, 2.05) is 48.5 Å². The lowest BCUT2D eigenvalue weighted by molar-refractivity contribution is 0.628. The van der Waals surface area contributed by atoms with Crippen LogP contribution in [-0.4, -0.2) is 0 Å². The van der Waals surface area contributed by atoms with Gasteiger partial charge in [-0.2, -0.15) is 0 Å². The van der Waals surface area contributed by atoms with Crippen LogP contribution in [0.4, 0.5) is 21.5 Å². The Balaban J connectivity index is 1.07. The van der Waals surface area contributed by atoms with E-state index in [9.17, 15) is 4.39 Å². The smallest absolute Gasteiger partial charge is 0.143 e. The van der Waals surface area contributed by atoms with Gasteiger partial charge in [0.05, 0.1) is 0 Å². The van der Waals surface area contributed by atoms with Crippen molar-refractivity contribution >= 4 is 60.9 Å². The maximum atomic E-state index is 13.7. The van der Waals surface area contributed by atoms with Gasteiger partial charge in [0.2, 0.25) is 0 Å². The zero-order chi connectivity index (χ0) is 34.6. The molecule has 2 aromatic heterocycles. The number of benzene rings is 8. The second kappa shape index (κ2) is 12.1. The number of hydrogen-bond acceptors (Lipinski definition) is 3. The summed E-state index contributed by atoms with van der Waals surface area (Å²) in [7, 11) is 0. The van der Waals surface area contributed by atoms with Gasteiger partial charge in [-0.3, -0.25) is 0 Å². The first-order valence-electron chi connectivity index (χ1n) is 17.3. The highest BCUT2D eigenvalue weighted by Gasteiger charge is 2.17. The summed E-state index contributed by atoms with van der Waals surface area (Å²) in [4.78, 5) is 2.27. The van der Waals surface area contributed by atoms with E-state index >= 15 is 0 Å². The molecule has 4 heteroatoms. The van der Waals surface area contributed by atoms with Crippen molar-refractivity contribution in [2.45, 2.75) is 0 Å². The standard InChI is InChI=1S/C48H30FNO2/c49-36-22-15-31(16-23-36)32-17-24-37(25-18-32)50(38-26-19-33(20-27-38)40-11-6-12-43-41-9-1-4-14-46(41)52-48(40)43)39-8-5-7-34(29-39)35-21-28-47-44(30-35)42-10-2-3-13-45(42)51-47/h1-30H. The number of furan rings is 2. The van der Waals surface area contributed by atoms with Crippen LogP contribution < -0.4 is 4.90 Å². The van der Waals surface area contributed by atoms with Crippen molar-refractivity contribution in [1.29, 1.82) is 0 Å². The van der Waals surface area contributed by atoms with E-state index in [1.165, 1.54) is 12.1 Å². The zero-order valence-corrected chi connectivity index (χ0v) is 28.0. The molecule has 0 atom stereocenters. The fourth-order valence-corrected chi connectivity index (χ4v) is 7.39. The summed E-state index contributed by atoms with van der Waals surface area (Å²) in [5.41, 5.74) is 12.9. The second-order valence-electron chi connectivity index (χ2n) is 13.1. The van der Waals surface area contributed by atoms with Crippen molar-refractivity contribution < 1.29 is 13.2 Å². The van der Waals surface area contributed by atoms with Gasteiger partial charge in [0.15, 0.2) is 0 Å². The Morgan fingerprint density at radius 3 is 1.62 bits per heavy atom. The monoisotopic (exact) mass is 671 g/mol. The van der Waals surface area contributed by atoms with Crippen LogP contribution in [0.5, 0.6) is 0 Å². The molecule has 0 bridgehead atoms. The van der Waals surface area contributed by atoms with Gasteiger partial charge in [-0.15, -0.1) is 0 Å². The van der Waals surface area contributed by atoms with E-state index < -0.39 is 0 Å². The molecule has 0 amide bonds. The van der Waals surface area contributed by atoms with Gasteiger partial charge in [-0.05, 0) is 101 Å². The van der Waals surface area contributed by atoms with Crippen molar-refractivity contribution in [1.82, 2.24) is 0 Å². The molecule has 10 aromatic rings. The van der Waals surface area contributed by atoms with Crippen LogP contribution in [0.25, 0.3) is 77.3 Å². The summed E-state index contributed by atoms with van der Waals surface area (Å²) in [6.07, 6.45) is 0. The molecule has 10 rings (SSSR count). The quantitative estimate of drug-likeness (QED) is 0.176. The first-order valence-corrected chi connectivity index (χ1v) is 17.3. The maximum absolute atomic E-state index is 13.7. The number of anilines is 3. The van der Waals surface area contributed by atoms with Crippen molar-refractivity contribution in [2.24, 2.45) is 0 Å². The molecular weight excluding hydrogens is 642 g/mol. The van der Waals surface area contributed by atoms with Crippen LogP contribution in [0, 0.1) is 5.82 Å². The number of para-hydroxylation sites is 3. The van der Waals surface area contributed by atoms with Crippen LogP contribution in [0.15, 0.2) is 191 Å². The van der Waals surface area contributed by atoms with E-state index in [0.717, 1.165) is 94.3 Å². The number of fused-ring (bicyclic) bond motifs is 6. The molecule has 3 nitrogen and oxygen atoms in total. The first kappa shape index (κ1) is 30.0. The predicted octanol–water partition coefficient (Wildman–Crippen LogP) is 14.1. The molecule has 0 saturated heterocycles. The van der Waals surface area contributed by atoms with Gasteiger partial charge >= 0.3 is 0 Å². The SMILES string of the molecule is Fc1ccc(-c2ccc(N(c3ccc(-c4cccc5c4oc4ccccc45)cc3)c3cccc(-c4ccc5oc6ccccc6c5c4)c3)cc2)cc1.